The number of benzene rings is 1. The predicted molar refractivity (Wildman–Crippen MR) is 80.9 cm³/mol. The van der Waals surface area contributed by atoms with Gasteiger partial charge in [0.25, 0.3) is 11.6 Å². The Hall–Kier alpha value is -2.38. The summed E-state index contributed by atoms with van der Waals surface area (Å²) in [5, 5.41) is 13.8. The number of hydrogen-bond donors (Lipinski definition) is 2. The molecule has 1 heterocycles. The summed E-state index contributed by atoms with van der Waals surface area (Å²) in [6.45, 7) is 0.683. The number of quaternary nitrogens is 1. The number of likely N-dealkylation sites (N-methyl/N-ethyl adjacent to an activating group) is 1. The van der Waals surface area contributed by atoms with Crippen molar-refractivity contribution in [1.29, 1.82) is 0 Å². The molecular formula is C14H15ClN3O4+. The van der Waals surface area contributed by atoms with Gasteiger partial charge in [0.2, 0.25) is 0 Å². The van der Waals surface area contributed by atoms with Gasteiger partial charge in [-0.3, -0.25) is 14.9 Å². The van der Waals surface area contributed by atoms with E-state index >= 15 is 0 Å². The first-order valence-electron chi connectivity index (χ1n) is 6.53. The molecule has 0 aliphatic carbocycles. The lowest BCUT2D eigenvalue weighted by Crippen LogP contribution is -3.08. The molecule has 2 rings (SSSR count). The van der Waals surface area contributed by atoms with Crippen molar-refractivity contribution >= 4 is 28.9 Å². The zero-order chi connectivity index (χ0) is 16.1. The number of rotatable bonds is 6. The van der Waals surface area contributed by atoms with Crippen molar-refractivity contribution in [1.82, 2.24) is 0 Å². The van der Waals surface area contributed by atoms with Gasteiger partial charge in [0, 0.05) is 11.1 Å². The quantitative estimate of drug-likeness (QED) is 0.622. The van der Waals surface area contributed by atoms with Crippen LogP contribution in [-0.2, 0) is 11.3 Å². The number of nitrogens with zero attached hydrogens (tertiary/aromatic N) is 1. The fourth-order valence-corrected chi connectivity index (χ4v) is 2.18. The summed E-state index contributed by atoms with van der Waals surface area (Å²) in [7, 11) is 1.83. The Morgan fingerprint density at radius 2 is 2.23 bits per heavy atom. The Morgan fingerprint density at radius 3 is 2.86 bits per heavy atom. The number of carbonyl (C=O) groups is 1. The molecule has 116 valence electrons. The van der Waals surface area contributed by atoms with Crippen LogP contribution in [0.5, 0.6) is 0 Å². The van der Waals surface area contributed by atoms with Crippen LogP contribution in [0.2, 0.25) is 5.02 Å². The summed E-state index contributed by atoms with van der Waals surface area (Å²) in [6.07, 6.45) is 1.57. The Balaban J connectivity index is 1.99. The van der Waals surface area contributed by atoms with Gasteiger partial charge < -0.3 is 14.6 Å². The highest BCUT2D eigenvalue weighted by Crippen LogP contribution is 2.27. The van der Waals surface area contributed by atoms with Crippen molar-refractivity contribution in [2.75, 3.05) is 18.9 Å². The maximum Gasteiger partial charge on any atom is 0.292 e. The Labute approximate surface area is 131 Å². The third-order valence-corrected chi connectivity index (χ3v) is 3.18. The molecule has 1 aromatic heterocycles. The van der Waals surface area contributed by atoms with Gasteiger partial charge in [-0.15, -0.1) is 0 Å². The number of amides is 1. The standard InChI is InChI=1S/C14H14ClN3O4/c1-17(8-11-3-2-6-22-11)9-14(19)16-12-7-10(15)4-5-13(12)18(20)21/h2-7H,8-9H2,1H3,(H,16,19)/p+1. The average molecular weight is 325 g/mol. The minimum absolute atomic E-state index is 0.0910. The zero-order valence-corrected chi connectivity index (χ0v) is 12.6. The van der Waals surface area contributed by atoms with E-state index in [0.717, 1.165) is 10.7 Å². The van der Waals surface area contributed by atoms with E-state index in [2.05, 4.69) is 5.32 Å². The first kappa shape index (κ1) is 16.0. The van der Waals surface area contributed by atoms with Gasteiger partial charge in [0.05, 0.1) is 18.2 Å². The summed E-state index contributed by atoms with van der Waals surface area (Å²) >= 11 is 5.81. The van der Waals surface area contributed by atoms with Gasteiger partial charge in [0.15, 0.2) is 12.3 Å². The highest BCUT2D eigenvalue weighted by molar-refractivity contribution is 6.31. The normalized spacial score (nSPS) is 11.9. The maximum atomic E-state index is 12.0. The first-order valence-corrected chi connectivity index (χ1v) is 6.91. The van der Waals surface area contributed by atoms with Gasteiger partial charge in [-0.1, -0.05) is 11.6 Å². The topological polar surface area (TPSA) is 89.8 Å². The molecule has 0 bridgehead atoms. The lowest BCUT2D eigenvalue weighted by atomic mass is 10.2. The van der Waals surface area contributed by atoms with E-state index < -0.39 is 4.92 Å². The third kappa shape index (κ3) is 4.31. The van der Waals surface area contributed by atoms with Gasteiger partial charge in [-0.2, -0.15) is 0 Å². The van der Waals surface area contributed by atoms with Crippen LogP contribution in [0.15, 0.2) is 41.0 Å². The van der Waals surface area contributed by atoms with Crippen molar-refractivity contribution in [3.8, 4) is 0 Å². The van der Waals surface area contributed by atoms with Gasteiger partial charge >= 0.3 is 0 Å². The SMILES string of the molecule is C[NH+](CC(=O)Nc1cc(Cl)ccc1[N+](=O)[O-])Cc1ccco1. The van der Waals surface area contributed by atoms with Crippen LogP contribution < -0.4 is 10.2 Å². The van der Waals surface area contributed by atoms with E-state index in [1.807, 2.05) is 13.1 Å². The first-order chi connectivity index (χ1) is 10.5. The van der Waals surface area contributed by atoms with Crippen LogP contribution in [-0.4, -0.2) is 24.4 Å². The summed E-state index contributed by atoms with van der Waals surface area (Å²) in [6, 6.07) is 7.63. The highest BCUT2D eigenvalue weighted by Gasteiger charge is 2.18. The molecule has 1 amide bonds. The lowest BCUT2D eigenvalue weighted by molar-refractivity contribution is -0.886. The van der Waals surface area contributed by atoms with Crippen LogP contribution in [0, 0.1) is 10.1 Å². The number of nitro groups is 1. The monoisotopic (exact) mass is 324 g/mol. The second kappa shape index (κ2) is 7.06. The fourth-order valence-electron chi connectivity index (χ4n) is 2.01. The Bertz CT molecular complexity index is 673. The molecule has 22 heavy (non-hydrogen) atoms. The van der Waals surface area contributed by atoms with Crippen molar-refractivity contribution in [2.24, 2.45) is 0 Å². The van der Waals surface area contributed by atoms with E-state index in [0.29, 0.717) is 11.6 Å². The molecule has 1 unspecified atom stereocenters. The molecule has 0 radical (unpaired) electrons. The average Bonchev–Trinajstić information content (AvgIpc) is 2.90. The van der Waals surface area contributed by atoms with Gasteiger partial charge in [0.1, 0.15) is 12.2 Å². The number of carbonyl (C=O) groups excluding carboxylic acids is 1. The van der Waals surface area contributed by atoms with Crippen LogP contribution >= 0.6 is 11.6 Å². The van der Waals surface area contributed by atoms with E-state index in [-0.39, 0.29) is 23.8 Å². The van der Waals surface area contributed by atoms with E-state index in [1.165, 1.54) is 18.2 Å². The summed E-state index contributed by atoms with van der Waals surface area (Å²) in [4.78, 5) is 23.3. The molecule has 2 N–H and O–H groups in total. The van der Waals surface area contributed by atoms with Gasteiger partial charge in [-0.25, -0.2) is 0 Å². The summed E-state index contributed by atoms with van der Waals surface area (Å²) < 4.78 is 5.21. The second-order valence-electron chi connectivity index (χ2n) is 4.86. The maximum absolute atomic E-state index is 12.0. The van der Waals surface area contributed by atoms with Crippen LogP contribution in [0.4, 0.5) is 11.4 Å². The predicted octanol–water partition coefficient (Wildman–Crippen LogP) is 1.49. The van der Waals surface area contributed by atoms with Crippen molar-refractivity contribution in [3.63, 3.8) is 0 Å². The van der Waals surface area contributed by atoms with Crippen molar-refractivity contribution in [2.45, 2.75) is 6.54 Å². The molecule has 8 heteroatoms. The molecule has 0 aliphatic heterocycles. The largest absolute Gasteiger partial charge is 0.463 e. The Morgan fingerprint density at radius 1 is 1.45 bits per heavy atom. The molecule has 0 saturated heterocycles. The minimum Gasteiger partial charge on any atom is -0.463 e. The minimum atomic E-state index is -0.564. The van der Waals surface area contributed by atoms with Crippen molar-refractivity contribution in [3.05, 3.63) is 57.5 Å². The molecule has 2 aromatic rings. The number of anilines is 1. The third-order valence-electron chi connectivity index (χ3n) is 2.95. The lowest BCUT2D eigenvalue weighted by Gasteiger charge is -2.12. The smallest absolute Gasteiger partial charge is 0.292 e. The van der Waals surface area contributed by atoms with E-state index in [1.54, 1.807) is 12.3 Å². The molecular weight excluding hydrogens is 310 g/mol. The van der Waals surface area contributed by atoms with Crippen LogP contribution in [0.1, 0.15) is 5.76 Å². The number of furan rings is 1. The molecule has 7 nitrogen and oxygen atoms in total. The second-order valence-corrected chi connectivity index (χ2v) is 5.29. The van der Waals surface area contributed by atoms with E-state index in [9.17, 15) is 14.9 Å². The van der Waals surface area contributed by atoms with Crippen molar-refractivity contribution < 1.29 is 19.0 Å². The number of nitrogens with one attached hydrogen (secondary N) is 2. The highest BCUT2D eigenvalue weighted by atomic mass is 35.5. The molecule has 0 spiro atoms. The molecule has 0 saturated carbocycles. The molecule has 1 aromatic carbocycles. The number of nitro benzene ring substituents is 1. The number of hydrogen-bond acceptors (Lipinski definition) is 4. The number of halogens is 1. The molecule has 1 atom stereocenters. The van der Waals surface area contributed by atoms with E-state index in [4.69, 9.17) is 16.0 Å². The van der Waals surface area contributed by atoms with Gasteiger partial charge in [-0.05, 0) is 24.3 Å². The van der Waals surface area contributed by atoms with Crippen LogP contribution in [0.3, 0.4) is 0 Å². The summed E-state index contributed by atoms with van der Waals surface area (Å²) in [5.41, 5.74) is -0.102. The Kier molecular flexibility index (Phi) is 5.13. The molecule has 0 fully saturated rings. The molecule has 0 aliphatic rings. The fraction of sp³-hybridized carbons (Fsp3) is 0.214. The zero-order valence-electron chi connectivity index (χ0n) is 11.8. The summed E-state index contributed by atoms with van der Waals surface area (Å²) in [5.74, 6) is 0.424. The van der Waals surface area contributed by atoms with Crippen LogP contribution in [0.25, 0.3) is 0 Å².